The Bertz CT molecular complexity index is 549. The number of fused-ring (bicyclic) bond motifs is 1. The van der Waals surface area contributed by atoms with Gasteiger partial charge < -0.3 is 17.4 Å². The van der Waals surface area contributed by atoms with Gasteiger partial charge in [0, 0.05) is 0 Å². The number of rotatable bonds is 1. The van der Waals surface area contributed by atoms with Gasteiger partial charge in [0.15, 0.2) is 0 Å². The van der Waals surface area contributed by atoms with E-state index in [1.807, 2.05) is 0 Å². The number of nitrogens with one attached hydrogen (secondary N) is 1. The van der Waals surface area contributed by atoms with Crippen LogP contribution in [0.25, 0.3) is 11.0 Å². The van der Waals surface area contributed by atoms with Crippen molar-refractivity contribution in [2.24, 2.45) is 0 Å². The Morgan fingerprint density at radius 3 is 2.71 bits per heavy atom. The van der Waals surface area contributed by atoms with Crippen LogP contribution < -0.4 is 12.4 Å². The van der Waals surface area contributed by atoms with Gasteiger partial charge in [0.1, 0.15) is 0 Å². The number of nitrogens with zero attached hydrogens (tertiary/aromatic N) is 1. The maximum Gasteiger partial charge on any atom is 0.294 e. The van der Waals surface area contributed by atoms with Crippen molar-refractivity contribution in [3.8, 4) is 0 Å². The first-order chi connectivity index (χ1) is 6.07. The van der Waals surface area contributed by atoms with Crippen LogP contribution in [0.4, 0.5) is 0 Å². The fourth-order valence-electron chi connectivity index (χ4n) is 1.08. The van der Waals surface area contributed by atoms with Crippen LogP contribution >= 0.6 is 0 Å². The summed E-state index contributed by atoms with van der Waals surface area (Å²) < 4.78 is 30.2. The number of aromatic nitrogens is 2. The van der Waals surface area contributed by atoms with Crippen molar-refractivity contribution < 1.29 is 25.4 Å². The highest BCUT2D eigenvalue weighted by Crippen LogP contribution is 2.15. The lowest BCUT2D eigenvalue weighted by atomic mass is 10.3. The van der Waals surface area contributed by atoms with E-state index < -0.39 is 10.1 Å². The van der Waals surface area contributed by atoms with Crippen LogP contribution in [0.5, 0.6) is 0 Å². The van der Waals surface area contributed by atoms with Crippen LogP contribution in [0, 0.1) is 0 Å². The van der Waals surface area contributed by atoms with Crippen LogP contribution in [0.2, 0.25) is 0 Å². The summed E-state index contributed by atoms with van der Waals surface area (Å²) in [6, 6.07) is 4.16. The van der Waals surface area contributed by atoms with Gasteiger partial charge in [0.2, 0.25) is 0 Å². The number of hydrogen-bond acceptors (Lipinski definition) is 3. The third-order valence-corrected chi connectivity index (χ3v) is 2.54. The second-order valence-corrected chi connectivity index (χ2v) is 3.98. The first-order valence-electron chi connectivity index (χ1n) is 3.48. The molecule has 76 valence electrons. The van der Waals surface area contributed by atoms with Crippen molar-refractivity contribution in [3.63, 3.8) is 0 Å². The zero-order valence-electron chi connectivity index (χ0n) is 6.81. The van der Waals surface area contributed by atoms with E-state index in [0.717, 1.165) is 0 Å². The number of hydrogen-bond donors (Lipinski definition) is 2. The van der Waals surface area contributed by atoms with Crippen molar-refractivity contribution in [2.75, 3.05) is 0 Å². The van der Waals surface area contributed by atoms with Gasteiger partial charge in [0.05, 0.1) is 22.3 Å². The molecule has 14 heavy (non-hydrogen) atoms. The standard InChI is InChI=1S/C7H6N2O3S.ClH/c10-13(11,12)5-1-2-6-7(3-5)9-4-8-6;/h1-4H,(H,8,9)(H,10,11,12);1H/p-1. The van der Waals surface area contributed by atoms with E-state index >= 15 is 0 Å². The van der Waals surface area contributed by atoms with Crippen molar-refractivity contribution in [1.29, 1.82) is 0 Å². The number of H-pyrrole nitrogens is 1. The molecule has 0 unspecified atom stereocenters. The second-order valence-electron chi connectivity index (χ2n) is 2.56. The van der Waals surface area contributed by atoms with E-state index in [2.05, 4.69) is 9.97 Å². The Kier molecular flexibility index (Phi) is 2.79. The molecule has 0 bridgehead atoms. The summed E-state index contributed by atoms with van der Waals surface area (Å²) in [4.78, 5) is 6.52. The van der Waals surface area contributed by atoms with E-state index in [1.165, 1.54) is 24.5 Å². The molecule has 0 radical (unpaired) electrons. The Morgan fingerprint density at radius 2 is 2.07 bits per heavy atom. The zero-order chi connectivity index (χ0) is 9.47. The van der Waals surface area contributed by atoms with Gasteiger partial charge in [-0.05, 0) is 18.2 Å². The minimum atomic E-state index is -4.12. The molecule has 0 atom stereocenters. The van der Waals surface area contributed by atoms with E-state index in [-0.39, 0.29) is 17.3 Å². The number of halogens is 1. The zero-order valence-corrected chi connectivity index (χ0v) is 8.38. The molecule has 2 rings (SSSR count). The Hall–Kier alpha value is -1.11. The molecule has 2 N–H and O–H groups in total. The van der Waals surface area contributed by atoms with Crippen LogP contribution in [0.1, 0.15) is 0 Å². The molecule has 1 aromatic carbocycles. The van der Waals surface area contributed by atoms with Gasteiger partial charge >= 0.3 is 0 Å². The van der Waals surface area contributed by atoms with Gasteiger partial charge in [-0.15, -0.1) is 0 Å². The summed E-state index contributed by atoms with van der Waals surface area (Å²) in [6.07, 6.45) is 1.46. The van der Waals surface area contributed by atoms with E-state index in [4.69, 9.17) is 4.55 Å². The molecule has 2 aromatic rings. The number of benzene rings is 1. The predicted molar refractivity (Wildman–Crippen MR) is 45.9 cm³/mol. The Morgan fingerprint density at radius 1 is 1.36 bits per heavy atom. The number of aromatic amines is 1. The van der Waals surface area contributed by atoms with Crippen LogP contribution in [-0.2, 0) is 10.1 Å². The minimum Gasteiger partial charge on any atom is -1.00 e. The number of imidazole rings is 1. The lowest BCUT2D eigenvalue weighted by Gasteiger charge is -1.95. The molecular weight excluding hydrogens is 228 g/mol. The highest BCUT2D eigenvalue weighted by Gasteiger charge is 2.09. The molecule has 0 saturated heterocycles. The lowest BCUT2D eigenvalue weighted by molar-refractivity contribution is -0.00000687. The predicted octanol–water partition coefficient (Wildman–Crippen LogP) is -2.19. The molecule has 0 fully saturated rings. The first kappa shape index (κ1) is 11.0. The quantitative estimate of drug-likeness (QED) is 0.549. The summed E-state index contributed by atoms with van der Waals surface area (Å²) in [6.45, 7) is 0. The normalized spacial score (nSPS) is 11.2. The van der Waals surface area contributed by atoms with E-state index in [1.54, 1.807) is 0 Å². The smallest absolute Gasteiger partial charge is 0.294 e. The maximum atomic E-state index is 10.7. The summed E-state index contributed by atoms with van der Waals surface area (Å²) in [7, 11) is -4.12. The summed E-state index contributed by atoms with van der Waals surface area (Å²) in [5.74, 6) is 0. The van der Waals surface area contributed by atoms with Gasteiger partial charge in [-0.1, -0.05) is 0 Å². The second kappa shape index (κ2) is 3.56. The van der Waals surface area contributed by atoms with Crippen molar-refractivity contribution in [1.82, 2.24) is 9.97 Å². The largest absolute Gasteiger partial charge is 1.00 e. The third-order valence-electron chi connectivity index (χ3n) is 1.69. The topological polar surface area (TPSA) is 83.1 Å². The lowest BCUT2D eigenvalue weighted by Crippen LogP contribution is -3.00. The van der Waals surface area contributed by atoms with E-state index in [9.17, 15) is 8.42 Å². The van der Waals surface area contributed by atoms with Gasteiger partial charge in [-0.25, -0.2) is 4.98 Å². The molecule has 0 aliphatic carbocycles. The van der Waals surface area contributed by atoms with Gasteiger partial charge in [-0.3, -0.25) is 4.55 Å². The fraction of sp³-hybridized carbons (Fsp3) is 0. The highest BCUT2D eigenvalue weighted by atomic mass is 35.5. The SMILES string of the molecule is O=S(=O)(O)c1ccc2nc[nH]c2c1.[Cl-]. The molecule has 5 nitrogen and oxygen atoms in total. The molecule has 0 aliphatic rings. The molecule has 0 aliphatic heterocycles. The van der Waals surface area contributed by atoms with E-state index in [0.29, 0.717) is 11.0 Å². The highest BCUT2D eigenvalue weighted by molar-refractivity contribution is 7.85. The Labute approximate surface area is 86.3 Å². The maximum absolute atomic E-state index is 10.7. The molecule has 0 amide bonds. The monoisotopic (exact) mass is 233 g/mol. The van der Waals surface area contributed by atoms with Crippen molar-refractivity contribution >= 4 is 21.2 Å². The minimum absolute atomic E-state index is 0. The molecular formula is C7H6ClN2O3S-. The summed E-state index contributed by atoms with van der Waals surface area (Å²) >= 11 is 0. The molecule has 7 heteroatoms. The molecule has 0 spiro atoms. The first-order valence-corrected chi connectivity index (χ1v) is 4.92. The van der Waals surface area contributed by atoms with Crippen LogP contribution in [-0.4, -0.2) is 22.9 Å². The summed E-state index contributed by atoms with van der Waals surface area (Å²) in [5.41, 5.74) is 1.24. The fourth-order valence-corrected chi connectivity index (χ4v) is 1.58. The molecule has 1 heterocycles. The average molecular weight is 234 g/mol. The van der Waals surface area contributed by atoms with Crippen LogP contribution in [0.3, 0.4) is 0 Å². The van der Waals surface area contributed by atoms with Crippen molar-refractivity contribution in [2.45, 2.75) is 4.90 Å². The molecule has 1 aromatic heterocycles. The average Bonchev–Trinajstić information content (AvgIpc) is 2.47. The van der Waals surface area contributed by atoms with Crippen LogP contribution in [0.15, 0.2) is 29.4 Å². The molecule has 0 saturated carbocycles. The van der Waals surface area contributed by atoms with Gasteiger partial charge in [0.25, 0.3) is 10.1 Å². The van der Waals surface area contributed by atoms with Gasteiger partial charge in [-0.2, -0.15) is 8.42 Å². The van der Waals surface area contributed by atoms with Crippen molar-refractivity contribution in [3.05, 3.63) is 24.5 Å². The Balaban J connectivity index is 0.000000980. The third kappa shape index (κ3) is 1.87. The summed E-state index contributed by atoms with van der Waals surface area (Å²) in [5, 5.41) is 0.